The fourth-order valence-corrected chi connectivity index (χ4v) is 4.66. The molecule has 3 rings (SSSR count). The molecule has 0 spiro atoms. The summed E-state index contributed by atoms with van der Waals surface area (Å²) in [4.78, 5) is 5.88. The standard InChI is InChI=1S/C20H28N2O2S/c1-13-11-17(24-3)15(12-16(13)23-2)19-18(25-20(21)22-19)10-9-14-7-5-4-6-8-14/h11-12,14H,4-10H2,1-3H3,(H2,21,22). The van der Waals surface area contributed by atoms with Crippen LogP contribution in [0.3, 0.4) is 0 Å². The Kier molecular flexibility index (Phi) is 5.84. The predicted molar refractivity (Wildman–Crippen MR) is 105 cm³/mol. The lowest BCUT2D eigenvalue weighted by Crippen LogP contribution is -2.07. The number of methoxy groups -OCH3 is 2. The van der Waals surface area contributed by atoms with Gasteiger partial charge in [-0.3, -0.25) is 0 Å². The number of nitrogens with two attached hydrogens (primary N) is 1. The van der Waals surface area contributed by atoms with Crippen molar-refractivity contribution in [2.45, 2.75) is 51.9 Å². The summed E-state index contributed by atoms with van der Waals surface area (Å²) in [6, 6.07) is 4.03. The highest BCUT2D eigenvalue weighted by atomic mass is 32.1. The van der Waals surface area contributed by atoms with Crippen LogP contribution < -0.4 is 15.2 Å². The molecule has 136 valence electrons. The van der Waals surface area contributed by atoms with Crippen molar-refractivity contribution in [1.29, 1.82) is 0 Å². The first-order valence-corrected chi connectivity index (χ1v) is 9.92. The van der Waals surface area contributed by atoms with Crippen LogP contribution in [0.25, 0.3) is 11.3 Å². The highest BCUT2D eigenvalue weighted by Gasteiger charge is 2.20. The average molecular weight is 361 g/mol. The second-order valence-corrected chi connectivity index (χ2v) is 8.00. The first-order chi connectivity index (χ1) is 12.1. The maximum Gasteiger partial charge on any atom is 0.180 e. The quantitative estimate of drug-likeness (QED) is 0.766. The molecule has 1 saturated carbocycles. The van der Waals surface area contributed by atoms with E-state index in [-0.39, 0.29) is 0 Å². The van der Waals surface area contributed by atoms with Crippen LogP contribution in [0.15, 0.2) is 12.1 Å². The Hall–Kier alpha value is -1.75. The van der Waals surface area contributed by atoms with Crippen LogP contribution >= 0.6 is 11.3 Å². The van der Waals surface area contributed by atoms with E-state index in [0.29, 0.717) is 5.13 Å². The summed E-state index contributed by atoms with van der Waals surface area (Å²) in [5.74, 6) is 2.52. The Morgan fingerprint density at radius 3 is 2.52 bits per heavy atom. The van der Waals surface area contributed by atoms with Gasteiger partial charge in [-0.15, -0.1) is 11.3 Å². The zero-order valence-corrected chi connectivity index (χ0v) is 16.2. The normalized spacial score (nSPS) is 15.3. The molecule has 25 heavy (non-hydrogen) atoms. The Bertz CT molecular complexity index is 721. The number of thiazole rings is 1. The van der Waals surface area contributed by atoms with Crippen LogP contribution in [0.5, 0.6) is 11.5 Å². The van der Waals surface area contributed by atoms with E-state index in [1.165, 1.54) is 43.4 Å². The van der Waals surface area contributed by atoms with Crippen LogP contribution in [0, 0.1) is 12.8 Å². The topological polar surface area (TPSA) is 57.4 Å². The lowest BCUT2D eigenvalue weighted by Gasteiger charge is -2.21. The van der Waals surface area contributed by atoms with Gasteiger partial charge >= 0.3 is 0 Å². The van der Waals surface area contributed by atoms with Gasteiger partial charge in [0.15, 0.2) is 5.13 Å². The number of anilines is 1. The molecule has 1 aliphatic rings. The van der Waals surface area contributed by atoms with Crippen molar-refractivity contribution in [2.75, 3.05) is 20.0 Å². The van der Waals surface area contributed by atoms with E-state index in [1.807, 2.05) is 19.1 Å². The van der Waals surface area contributed by atoms with E-state index in [2.05, 4.69) is 4.98 Å². The maximum absolute atomic E-state index is 6.05. The number of rotatable bonds is 6. The fraction of sp³-hybridized carbons (Fsp3) is 0.550. The Morgan fingerprint density at radius 2 is 1.84 bits per heavy atom. The van der Waals surface area contributed by atoms with Crippen molar-refractivity contribution in [3.05, 3.63) is 22.6 Å². The second kappa shape index (κ2) is 8.09. The molecule has 1 aromatic heterocycles. The fourth-order valence-electron chi connectivity index (χ4n) is 3.80. The summed E-state index contributed by atoms with van der Waals surface area (Å²) in [5, 5.41) is 0.621. The molecule has 0 saturated heterocycles. The molecular formula is C20H28N2O2S. The highest BCUT2D eigenvalue weighted by Crippen LogP contribution is 2.40. The van der Waals surface area contributed by atoms with Gasteiger partial charge in [0.25, 0.3) is 0 Å². The minimum atomic E-state index is 0.621. The number of ether oxygens (including phenoxy) is 2. The van der Waals surface area contributed by atoms with Crippen LogP contribution in [-0.4, -0.2) is 19.2 Å². The van der Waals surface area contributed by atoms with E-state index in [0.717, 1.165) is 40.7 Å². The lowest BCUT2D eigenvalue weighted by atomic mass is 9.86. The Morgan fingerprint density at radius 1 is 1.12 bits per heavy atom. The summed E-state index contributed by atoms with van der Waals surface area (Å²) >= 11 is 1.60. The van der Waals surface area contributed by atoms with Gasteiger partial charge < -0.3 is 15.2 Å². The lowest BCUT2D eigenvalue weighted by molar-refractivity contribution is 0.340. The monoisotopic (exact) mass is 360 g/mol. The third-order valence-electron chi connectivity index (χ3n) is 5.19. The SMILES string of the molecule is COc1cc(-c2nc(N)sc2CCC2CCCCC2)c(OC)cc1C. The number of aryl methyl sites for hydroxylation is 2. The van der Waals surface area contributed by atoms with Crippen molar-refractivity contribution < 1.29 is 9.47 Å². The summed E-state index contributed by atoms with van der Waals surface area (Å²) in [5.41, 5.74) is 9.03. The van der Waals surface area contributed by atoms with E-state index in [1.54, 1.807) is 25.6 Å². The van der Waals surface area contributed by atoms with Gasteiger partial charge in [-0.2, -0.15) is 0 Å². The van der Waals surface area contributed by atoms with Crippen molar-refractivity contribution in [3.63, 3.8) is 0 Å². The largest absolute Gasteiger partial charge is 0.496 e. The Labute approximate surface area is 154 Å². The van der Waals surface area contributed by atoms with Gasteiger partial charge in [0.1, 0.15) is 11.5 Å². The van der Waals surface area contributed by atoms with Gasteiger partial charge in [-0.1, -0.05) is 32.1 Å². The second-order valence-electron chi connectivity index (χ2n) is 6.89. The summed E-state index contributed by atoms with van der Waals surface area (Å²) in [6.45, 7) is 2.02. The highest BCUT2D eigenvalue weighted by molar-refractivity contribution is 7.15. The number of nitrogen functional groups attached to an aromatic ring is 1. The number of benzene rings is 1. The molecule has 1 heterocycles. The molecule has 1 aromatic carbocycles. The van der Waals surface area contributed by atoms with Crippen molar-refractivity contribution in [2.24, 2.45) is 5.92 Å². The third kappa shape index (κ3) is 4.09. The van der Waals surface area contributed by atoms with Crippen molar-refractivity contribution in [1.82, 2.24) is 4.98 Å². The molecule has 1 fully saturated rings. The molecule has 1 aliphatic carbocycles. The average Bonchev–Trinajstić information content (AvgIpc) is 3.01. The minimum Gasteiger partial charge on any atom is -0.496 e. The summed E-state index contributed by atoms with van der Waals surface area (Å²) in [6.07, 6.45) is 9.15. The molecule has 0 radical (unpaired) electrons. The smallest absolute Gasteiger partial charge is 0.180 e. The molecule has 0 amide bonds. The summed E-state index contributed by atoms with van der Waals surface area (Å²) in [7, 11) is 3.39. The van der Waals surface area contributed by atoms with E-state index in [4.69, 9.17) is 15.2 Å². The minimum absolute atomic E-state index is 0.621. The molecule has 0 bridgehead atoms. The number of aromatic nitrogens is 1. The van der Waals surface area contributed by atoms with Gasteiger partial charge in [-0.05, 0) is 43.4 Å². The van der Waals surface area contributed by atoms with Crippen molar-refractivity contribution >= 4 is 16.5 Å². The molecule has 2 N–H and O–H groups in total. The summed E-state index contributed by atoms with van der Waals surface area (Å²) < 4.78 is 11.1. The zero-order valence-electron chi connectivity index (χ0n) is 15.4. The molecule has 4 nitrogen and oxygen atoms in total. The predicted octanol–water partition coefficient (Wildman–Crippen LogP) is 5.23. The van der Waals surface area contributed by atoms with E-state index >= 15 is 0 Å². The molecule has 0 unspecified atom stereocenters. The molecule has 5 heteroatoms. The van der Waals surface area contributed by atoms with Crippen LogP contribution in [0.4, 0.5) is 5.13 Å². The van der Waals surface area contributed by atoms with Crippen LogP contribution in [-0.2, 0) is 6.42 Å². The van der Waals surface area contributed by atoms with Gasteiger partial charge in [0.05, 0.1) is 19.9 Å². The number of nitrogens with zero attached hydrogens (tertiary/aromatic N) is 1. The van der Waals surface area contributed by atoms with E-state index in [9.17, 15) is 0 Å². The number of hydrogen-bond acceptors (Lipinski definition) is 5. The third-order valence-corrected chi connectivity index (χ3v) is 6.13. The van der Waals surface area contributed by atoms with Gasteiger partial charge in [0, 0.05) is 10.4 Å². The Balaban J connectivity index is 1.89. The van der Waals surface area contributed by atoms with E-state index < -0.39 is 0 Å². The molecule has 0 aliphatic heterocycles. The van der Waals surface area contributed by atoms with Crippen LogP contribution in [0.1, 0.15) is 49.0 Å². The number of hydrogen-bond donors (Lipinski definition) is 1. The first-order valence-electron chi connectivity index (χ1n) is 9.10. The molecular weight excluding hydrogens is 332 g/mol. The molecule has 0 atom stereocenters. The first kappa shape index (κ1) is 18.1. The van der Waals surface area contributed by atoms with Crippen molar-refractivity contribution in [3.8, 4) is 22.8 Å². The van der Waals surface area contributed by atoms with Crippen LogP contribution in [0.2, 0.25) is 0 Å². The van der Waals surface area contributed by atoms with Gasteiger partial charge in [0.2, 0.25) is 0 Å². The van der Waals surface area contributed by atoms with Gasteiger partial charge in [-0.25, -0.2) is 4.98 Å². The maximum atomic E-state index is 6.05. The molecule has 2 aromatic rings. The zero-order chi connectivity index (χ0) is 17.8.